The molecule has 7 heavy (non-hydrogen) atoms. The molecule has 42 valence electrons. The van der Waals surface area contributed by atoms with Crippen LogP contribution < -0.4 is 0 Å². The molecule has 0 bridgehead atoms. The molecule has 0 atom stereocenters. The van der Waals surface area contributed by atoms with Crippen LogP contribution in [0.25, 0.3) is 0 Å². The van der Waals surface area contributed by atoms with Gasteiger partial charge in [0.15, 0.2) is 0 Å². The molecule has 0 heterocycles. The van der Waals surface area contributed by atoms with Crippen LogP contribution in [0.4, 0.5) is 0 Å². The van der Waals surface area contributed by atoms with Gasteiger partial charge in [-0.3, -0.25) is 0 Å². The van der Waals surface area contributed by atoms with E-state index >= 15 is 0 Å². The molecule has 0 saturated heterocycles. The van der Waals surface area contributed by atoms with Crippen LogP contribution in [0.2, 0.25) is 0 Å². The molecule has 0 aliphatic rings. The van der Waals surface area contributed by atoms with Gasteiger partial charge in [-0.1, -0.05) is 0 Å². The van der Waals surface area contributed by atoms with Gasteiger partial charge in [0.1, 0.15) is 0 Å². The Morgan fingerprint density at radius 3 is 1.71 bits per heavy atom. The zero-order chi connectivity index (χ0) is 4.28. The van der Waals surface area contributed by atoms with Crippen LogP contribution in [0.3, 0.4) is 0 Å². The summed E-state index contributed by atoms with van der Waals surface area (Å²) < 4.78 is 19.6. The first-order chi connectivity index (χ1) is 2.27. The van der Waals surface area contributed by atoms with E-state index in [9.17, 15) is 0 Å². The molecule has 0 aromatic rings. The second-order valence-electron chi connectivity index (χ2n) is 0.357. The molecule has 0 spiro atoms. The maximum atomic E-state index is 9.15. The van der Waals surface area contributed by atoms with Gasteiger partial charge >= 0.3 is 83.2 Å². The second-order valence-corrected chi connectivity index (χ2v) is 1.47. The Bertz CT molecular complexity index is 43.3. The van der Waals surface area contributed by atoms with Crippen LogP contribution in [0.1, 0.15) is 0 Å². The molecule has 5 nitrogen and oxygen atoms in total. The van der Waals surface area contributed by atoms with Crippen LogP contribution in [-0.2, 0) is 25.4 Å². The zero-order valence-electron chi connectivity index (χ0n) is 2.71. The van der Waals surface area contributed by atoms with Crippen LogP contribution in [0, 0.1) is 0 Å². The molecule has 0 aliphatic carbocycles. The Morgan fingerprint density at radius 2 is 1.71 bits per heavy atom. The first kappa shape index (κ1) is 16.0. The summed E-state index contributed by atoms with van der Waals surface area (Å²) in [5, 5.41) is 7.16. The van der Waals surface area contributed by atoms with Crippen molar-refractivity contribution in [3.05, 3.63) is 0 Å². The zero-order valence-corrected chi connectivity index (χ0v) is 4.27. The van der Waals surface area contributed by atoms with E-state index in [1.165, 1.54) is 0 Å². The third-order valence-electron chi connectivity index (χ3n) is 0.0781. The molecule has 0 aromatic carbocycles. The predicted octanol–water partition coefficient (Wildman–Crippen LogP) is -2.48. The average Bonchev–Trinajstić information content (AvgIpc) is 1.38. The summed E-state index contributed by atoms with van der Waals surface area (Å²) in [5.41, 5.74) is 0. The van der Waals surface area contributed by atoms with E-state index in [2.05, 4.69) is 3.47 Å². The third kappa shape index (κ3) is 18.1. The fourth-order valence-corrected chi connectivity index (χ4v) is 0. The number of hydrogen-bond acceptors (Lipinski definition) is 3. The summed E-state index contributed by atoms with van der Waals surface area (Å²) in [6.07, 6.45) is 0. The first-order valence-corrected chi connectivity index (χ1v) is 2.79. The molecule has 0 rings (SSSR count). The Labute approximate surface area is 87.1 Å². The third-order valence-corrected chi connectivity index (χ3v) is 0.322. The van der Waals surface area contributed by atoms with Crippen LogP contribution in [-0.4, -0.2) is 63.3 Å². The Hall–Kier alpha value is 1.93. The standard InChI is InChI=1S/Ba.H2O2.2H2O.O.Ti.2H/c;1-2;;;;;;/h;1-2H;2*1H2;;;;/q;;;;;+2;;/p-2. The Morgan fingerprint density at radius 1 is 1.57 bits per heavy atom. The summed E-state index contributed by atoms with van der Waals surface area (Å²) in [5.74, 6) is 0. The molecule has 0 radical (unpaired) electrons. The van der Waals surface area contributed by atoms with Gasteiger partial charge in [-0.25, -0.2) is 0 Å². The molecular weight excluding hydrogens is 265 g/mol. The summed E-state index contributed by atoms with van der Waals surface area (Å²) in [6, 6.07) is 0. The SMILES string of the molecule is O.[BaH2].[O]=[Ti]([OH])[O]O. The van der Waals surface area contributed by atoms with E-state index in [1.807, 2.05) is 0 Å². The predicted molar refractivity (Wildman–Crippen MR) is 18.8 cm³/mol. The molecule has 0 aliphatic heterocycles. The normalized spacial score (nSPS) is 5.43. The maximum absolute atomic E-state index is 9.15. The molecule has 0 saturated carbocycles. The van der Waals surface area contributed by atoms with Crippen molar-refractivity contribution in [3.63, 3.8) is 0 Å². The van der Waals surface area contributed by atoms with Crippen molar-refractivity contribution in [2.45, 2.75) is 0 Å². The Kier molecular flexibility index (Phi) is 24.7. The molecule has 4 N–H and O–H groups in total. The number of rotatable bonds is 1. The van der Waals surface area contributed by atoms with Crippen molar-refractivity contribution < 1.29 is 39.8 Å². The first-order valence-electron chi connectivity index (χ1n) is 0.814. The monoisotopic (exact) mass is 272 g/mol. The summed E-state index contributed by atoms with van der Waals surface area (Å²) in [4.78, 5) is 0. The van der Waals surface area contributed by atoms with E-state index in [1.54, 1.807) is 0 Å². The van der Waals surface area contributed by atoms with E-state index < -0.39 is 18.6 Å². The van der Waals surface area contributed by atoms with E-state index in [0.29, 0.717) is 0 Å². The molecular formula is H6BaO5Ti. The van der Waals surface area contributed by atoms with Gasteiger partial charge in [0.25, 0.3) is 0 Å². The van der Waals surface area contributed by atoms with Gasteiger partial charge in [-0.15, -0.1) is 0 Å². The number of hydrogen-bond donors (Lipinski definition) is 2. The fourth-order valence-electron chi connectivity index (χ4n) is 0. The summed E-state index contributed by atoms with van der Waals surface area (Å²) in [7, 11) is 0. The van der Waals surface area contributed by atoms with Gasteiger partial charge in [-0.05, 0) is 0 Å². The van der Waals surface area contributed by atoms with Crippen molar-refractivity contribution in [3.8, 4) is 0 Å². The van der Waals surface area contributed by atoms with Crippen LogP contribution in [0.5, 0.6) is 0 Å². The van der Waals surface area contributed by atoms with Gasteiger partial charge < -0.3 is 5.48 Å². The van der Waals surface area contributed by atoms with Crippen LogP contribution in [0.15, 0.2) is 0 Å². The minimum atomic E-state index is -3.55. The van der Waals surface area contributed by atoms with Crippen LogP contribution >= 0.6 is 0 Å². The quantitative estimate of drug-likeness (QED) is 0.313. The van der Waals surface area contributed by atoms with Gasteiger partial charge in [-0.2, -0.15) is 0 Å². The van der Waals surface area contributed by atoms with Crippen molar-refractivity contribution in [1.82, 2.24) is 0 Å². The summed E-state index contributed by atoms with van der Waals surface area (Å²) in [6.45, 7) is 0. The van der Waals surface area contributed by atoms with Gasteiger partial charge in [0.2, 0.25) is 0 Å². The molecule has 0 aromatic heterocycles. The molecule has 0 fully saturated rings. The average molecular weight is 271 g/mol. The minimum absolute atomic E-state index is 0. The molecule has 7 heteroatoms. The van der Waals surface area contributed by atoms with E-state index in [-0.39, 0.29) is 54.4 Å². The van der Waals surface area contributed by atoms with E-state index in [0.717, 1.165) is 0 Å². The molecule has 0 amide bonds. The van der Waals surface area contributed by atoms with Crippen molar-refractivity contribution in [2.75, 3.05) is 0 Å². The van der Waals surface area contributed by atoms with E-state index in [4.69, 9.17) is 12.3 Å². The van der Waals surface area contributed by atoms with Crippen molar-refractivity contribution in [1.29, 1.82) is 0 Å². The van der Waals surface area contributed by atoms with Crippen molar-refractivity contribution >= 4 is 48.9 Å². The topological polar surface area (TPSA) is 98.3 Å². The second kappa shape index (κ2) is 10.8. The Balaban J connectivity index is -0.0000000800. The van der Waals surface area contributed by atoms with Crippen molar-refractivity contribution in [2.24, 2.45) is 0 Å². The summed E-state index contributed by atoms with van der Waals surface area (Å²) >= 11 is -3.55. The fraction of sp³-hybridized carbons (Fsp3) is 0. The van der Waals surface area contributed by atoms with Gasteiger partial charge in [0.05, 0.1) is 0 Å². The van der Waals surface area contributed by atoms with Gasteiger partial charge in [0, 0.05) is 0 Å². The molecule has 0 unspecified atom stereocenters.